The first-order valence-electron chi connectivity index (χ1n) is 6.69. The molecule has 1 N–H and O–H groups in total. The van der Waals surface area contributed by atoms with Gasteiger partial charge in [-0.25, -0.2) is 0 Å². The summed E-state index contributed by atoms with van der Waals surface area (Å²) in [4.78, 5) is 2.30. The first-order chi connectivity index (χ1) is 8.17. The van der Waals surface area contributed by atoms with Gasteiger partial charge in [0.05, 0.1) is 6.61 Å². The summed E-state index contributed by atoms with van der Waals surface area (Å²) in [5.74, 6) is 0. The molecule has 100 valence electrons. The van der Waals surface area contributed by atoms with E-state index in [-0.39, 0.29) is 0 Å². The van der Waals surface area contributed by atoms with Crippen LogP contribution < -0.4 is 5.32 Å². The largest absolute Gasteiger partial charge is 0.383 e. The Hall–Kier alpha value is -0.350. The molecular formula is C13H26N2OS. The topological polar surface area (TPSA) is 24.5 Å². The molecule has 17 heavy (non-hydrogen) atoms. The van der Waals surface area contributed by atoms with E-state index in [0.29, 0.717) is 12.0 Å². The molecule has 1 aliphatic heterocycles. The summed E-state index contributed by atoms with van der Waals surface area (Å²) in [7, 11) is 1.71. The predicted molar refractivity (Wildman–Crippen MR) is 76.3 cm³/mol. The quantitative estimate of drug-likeness (QED) is 0.604. The van der Waals surface area contributed by atoms with Gasteiger partial charge in [-0.15, -0.1) is 0 Å². The van der Waals surface area contributed by atoms with E-state index in [0.717, 1.165) is 24.7 Å². The van der Waals surface area contributed by atoms with Gasteiger partial charge in [-0.05, 0) is 30.5 Å². The lowest BCUT2D eigenvalue weighted by Crippen LogP contribution is -2.47. The van der Waals surface area contributed by atoms with Gasteiger partial charge in [-0.2, -0.15) is 0 Å². The normalized spacial score (nSPS) is 19.1. The molecule has 1 aliphatic rings. The van der Waals surface area contributed by atoms with Crippen molar-refractivity contribution in [3.8, 4) is 0 Å². The number of methoxy groups -OCH3 is 1. The smallest absolute Gasteiger partial charge is 0.169 e. The van der Waals surface area contributed by atoms with Gasteiger partial charge in [0, 0.05) is 26.7 Å². The fraction of sp³-hybridized carbons (Fsp3) is 0.923. The Kier molecular flexibility index (Phi) is 6.20. The van der Waals surface area contributed by atoms with Crippen LogP contribution in [0.25, 0.3) is 0 Å². The maximum absolute atomic E-state index is 5.39. The van der Waals surface area contributed by atoms with Crippen LogP contribution in [0.4, 0.5) is 0 Å². The average molecular weight is 258 g/mol. The minimum atomic E-state index is 0.568. The van der Waals surface area contributed by atoms with Crippen LogP contribution in [-0.4, -0.2) is 43.4 Å². The highest BCUT2D eigenvalue weighted by molar-refractivity contribution is 7.80. The SMILES string of the molecule is CCC1(CC)CCN(C(=S)NCCOC)CC1. The molecular weight excluding hydrogens is 232 g/mol. The highest BCUT2D eigenvalue weighted by atomic mass is 32.1. The van der Waals surface area contributed by atoms with E-state index < -0.39 is 0 Å². The Labute approximate surface area is 111 Å². The second kappa shape index (κ2) is 7.17. The van der Waals surface area contributed by atoms with Crippen molar-refractivity contribution in [3.05, 3.63) is 0 Å². The van der Waals surface area contributed by atoms with E-state index in [1.807, 2.05) is 0 Å². The number of ether oxygens (including phenoxy) is 1. The minimum Gasteiger partial charge on any atom is -0.383 e. The van der Waals surface area contributed by atoms with Crippen LogP contribution >= 0.6 is 12.2 Å². The molecule has 1 rings (SSSR count). The Morgan fingerprint density at radius 2 is 1.88 bits per heavy atom. The fourth-order valence-corrected chi connectivity index (χ4v) is 2.80. The van der Waals surface area contributed by atoms with Crippen LogP contribution in [0.3, 0.4) is 0 Å². The second-order valence-electron chi connectivity index (χ2n) is 4.92. The third-order valence-electron chi connectivity index (χ3n) is 4.19. The molecule has 0 aromatic rings. The van der Waals surface area contributed by atoms with Crippen LogP contribution in [-0.2, 0) is 4.74 Å². The minimum absolute atomic E-state index is 0.568. The average Bonchev–Trinajstić information content (AvgIpc) is 2.39. The molecule has 4 heteroatoms. The van der Waals surface area contributed by atoms with Crippen molar-refractivity contribution in [2.24, 2.45) is 5.41 Å². The summed E-state index contributed by atoms with van der Waals surface area (Å²) in [5.41, 5.74) is 0.568. The summed E-state index contributed by atoms with van der Waals surface area (Å²) in [5, 5.41) is 4.14. The summed E-state index contributed by atoms with van der Waals surface area (Å²) < 4.78 is 5.01. The number of piperidine rings is 1. The standard InChI is InChI=1S/C13H26N2OS/c1-4-13(5-2)6-9-15(10-7-13)12(17)14-8-11-16-3/h4-11H2,1-3H3,(H,14,17). The molecule has 0 aliphatic carbocycles. The van der Waals surface area contributed by atoms with E-state index in [2.05, 4.69) is 24.1 Å². The molecule has 1 fully saturated rings. The molecule has 0 unspecified atom stereocenters. The van der Waals surface area contributed by atoms with Gasteiger partial charge in [-0.1, -0.05) is 26.7 Å². The maximum Gasteiger partial charge on any atom is 0.169 e. The fourth-order valence-electron chi connectivity index (χ4n) is 2.51. The number of likely N-dealkylation sites (tertiary alicyclic amines) is 1. The van der Waals surface area contributed by atoms with Crippen LogP contribution in [0.15, 0.2) is 0 Å². The molecule has 0 aromatic heterocycles. The van der Waals surface area contributed by atoms with Crippen LogP contribution in [0.5, 0.6) is 0 Å². The molecule has 1 saturated heterocycles. The molecule has 0 bridgehead atoms. The molecule has 0 saturated carbocycles. The number of hydrogen-bond donors (Lipinski definition) is 1. The summed E-state index contributed by atoms with van der Waals surface area (Å²) in [6, 6.07) is 0. The van der Waals surface area contributed by atoms with Crippen LogP contribution in [0.2, 0.25) is 0 Å². The van der Waals surface area contributed by atoms with E-state index in [1.165, 1.54) is 25.7 Å². The molecule has 0 radical (unpaired) electrons. The number of nitrogens with zero attached hydrogens (tertiary/aromatic N) is 1. The number of rotatable bonds is 5. The Morgan fingerprint density at radius 3 is 2.35 bits per heavy atom. The molecule has 0 aromatic carbocycles. The molecule has 1 heterocycles. The molecule has 0 spiro atoms. The first-order valence-corrected chi connectivity index (χ1v) is 7.10. The first kappa shape index (κ1) is 14.7. The van der Waals surface area contributed by atoms with Gasteiger partial charge in [-0.3, -0.25) is 0 Å². The van der Waals surface area contributed by atoms with Crippen LogP contribution in [0.1, 0.15) is 39.5 Å². The van der Waals surface area contributed by atoms with Gasteiger partial charge in [0.2, 0.25) is 0 Å². The lowest BCUT2D eigenvalue weighted by molar-refractivity contribution is 0.134. The van der Waals surface area contributed by atoms with Crippen LogP contribution in [0, 0.1) is 5.41 Å². The third-order valence-corrected chi connectivity index (χ3v) is 4.60. The molecule has 0 atom stereocenters. The number of thiocarbonyl (C=S) groups is 1. The van der Waals surface area contributed by atoms with Crippen molar-refractivity contribution in [2.75, 3.05) is 33.4 Å². The summed E-state index contributed by atoms with van der Waals surface area (Å²) in [6.07, 6.45) is 5.13. The van der Waals surface area contributed by atoms with Crippen molar-refractivity contribution < 1.29 is 4.74 Å². The van der Waals surface area contributed by atoms with Gasteiger partial charge in [0.25, 0.3) is 0 Å². The highest BCUT2D eigenvalue weighted by Gasteiger charge is 2.31. The van der Waals surface area contributed by atoms with Crippen molar-refractivity contribution in [1.29, 1.82) is 0 Å². The summed E-state index contributed by atoms with van der Waals surface area (Å²) in [6.45, 7) is 8.34. The second-order valence-corrected chi connectivity index (χ2v) is 5.31. The molecule has 0 amide bonds. The summed E-state index contributed by atoms with van der Waals surface area (Å²) >= 11 is 5.39. The van der Waals surface area contributed by atoms with E-state index >= 15 is 0 Å². The predicted octanol–water partition coefficient (Wildman–Crippen LogP) is 2.41. The van der Waals surface area contributed by atoms with Gasteiger partial charge < -0.3 is 15.0 Å². The van der Waals surface area contributed by atoms with Crippen molar-refractivity contribution in [2.45, 2.75) is 39.5 Å². The van der Waals surface area contributed by atoms with Crippen molar-refractivity contribution in [3.63, 3.8) is 0 Å². The zero-order valence-corrected chi connectivity index (χ0v) is 12.2. The van der Waals surface area contributed by atoms with Gasteiger partial charge >= 0.3 is 0 Å². The monoisotopic (exact) mass is 258 g/mol. The maximum atomic E-state index is 5.39. The van der Waals surface area contributed by atoms with E-state index in [9.17, 15) is 0 Å². The number of hydrogen-bond acceptors (Lipinski definition) is 2. The van der Waals surface area contributed by atoms with E-state index in [4.69, 9.17) is 17.0 Å². The lowest BCUT2D eigenvalue weighted by atomic mass is 9.74. The lowest BCUT2D eigenvalue weighted by Gasteiger charge is -2.42. The highest BCUT2D eigenvalue weighted by Crippen LogP contribution is 2.37. The zero-order chi connectivity index (χ0) is 12.7. The number of nitrogens with one attached hydrogen (secondary N) is 1. The van der Waals surface area contributed by atoms with Crippen molar-refractivity contribution >= 4 is 17.3 Å². The Balaban J connectivity index is 2.33. The van der Waals surface area contributed by atoms with Crippen molar-refractivity contribution in [1.82, 2.24) is 10.2 Å². The Bertz CT molecular complexity index is 232. The van der Waals surface area contributed by atoms with Gasteiger partial charge in [0.1, 0.15) is 0 Å². The molecule has 3 nitrogen and oxygen atoms in total. The van der Waals surface area contributed by atoms with E-state index in [1.54, 1.807) is 7.11 Å². The Morgan fingerprint density at radius 1 is 1.29 bits per heavy atom. The van der Waals surface area contributed by atoms with Gasteiger partial charge in [0.15, 0.2) is 5.11 Å². The third kappa shape index (κ3) is 4.11. The zero-order valence-electron chi connectivity index (χ0n) is 11.4.